The fourth-order valence-corrected chi connectivity index (χ4v) is 3.03. The molecule has 124 valence electrons. The van der Waals surface area contributed by atoms with Crippen molar-refractivity contribution >= 4 is 5.97 Å². The maximum absolute atomic E-state index is 11.5. The van der Waals surface area contributed by atoms with Gasteiger partial charge in [-0.1, -0.05) is 6.92 Å². The van der Waals surface area contributed by atoms with Gasteiger partial charge in [0.2, 0.25) is 0 Å². The number of rotatable bonds is 12. The van der Waals surface area contributed by atoms with E-state index in [4.69, 9.17) is 4.74 Å². The lowest BCUT2D eigenvalue weighted by atomic mass is 9.90. The van der Waals surface area contributed by atoms with Crippen LogP contribution in [-0.4, -0.2) is 61.4 Å². The third-order valence-electron chi connectivity index (χ3n) is 5.00. The van der Waals surface area contributed by atoms with Crippen molar-refractivity contribution in [1.29, 1.82) is 0 Å². The lowest BCUT2D eigenvalue weighted by Crippen LogP contribution is -2.50. The molecule has 0 amide bonds. The van der Waals surface area contributed by atoms with Crippen LogP contribution in [0.2, 0.25) is 0 Å². The van der Waals surface area contributed by atoms with Gasteiger partial charge in [-0.3, -0.25) is 9.69 Å². The molecule has 0 radical (unpaired) electrons. The molecule has 0 heterocycles. The van der Waals surface area contributed by atoms with Gasteiger partial charge in [-0.2, -0.15) is 0 Å². The van der Waals surface area contributed by atoms with Crippen molar-refractivity contribution in [3.05, 3.63) is 0 Å². The zero-order chi connectivity index (χ0) is 15.9. The number of carbonyl (C=O) groups is 1. The molecular formula is C16H32N2O3. The predicted molar refractivity (Wildman–Crippen MR) is 84.6 cm³/mol. The molecule has 0 spiro atoms. The lowest BCUT2D eigenvalue weighted by Gasteiger charge is -2.32. The van der Waals surface area contributed by atoms with Crippen molar-refractivity contribution in [3.8, 4) is 0 Å². The number of aliphatic carboxylic acids is 1. The lowest BCUT2D eigenvalue weighted by molar-refractivity contribution is -0.145. The molecule has 2 unspecified atom stereocenters. The Balaban J connectivity index is 2.49. The minimum Gasteiger partial charge on any atom is -0.480 e. The third kappa shape index (κ3) is 5.24. The summed E-state index contributed by atoms with van der Waals surface area (Å²) in [5.74, 6) is 0.0766. The zero-order valence-electron chi connectivity index (χ0n) is 14.0. The summed E-state index contributed by atoms with van der Waals surface area (Å²) in [4.78, 5) is 13.9. The van der Waals surface area contributed by atoms with Crippen LogP contribution in [0.1, 0.15) is 46.0 Å². The first-order valence-corrected chi connectivity index (χ1v) is 8.16. The van der Waals surface area contributed by atoms with Gasteiger partial charge in [0.15, 0.2) is 0 Å². The van der Waals surface area contributed by atoms with E-state index in [1.807, 2.05) is 6.92 Å². The van der Waals surface area contributed by atoms with Gasteiger partial charge >= 0.3 is 5.97 Å². The van der Waals surface area contributed by atoms with Gasteiger partial charge in [0.05, 0.1) is 6.61 Å². The van der Waals surface area contributed by atoms with Crippen LogP contribution in [0, 0.1) is 5.92 Å². The second-order valence-corrected chi connectivity index (χ2v) is 6.20. The molecule has 1 saturated carbocycles. The third-order valence-corrected chi connectivity index (χ3v) is 5.00. The first-order valence-electron chi connectivity index (χ1n) is 8.16. The summed E-state index contributed by atoms with van der Waals surface area (Å²) in [7, 11) is 3.47. The van der Waals surface area contributed by atoms with Crippen LogP contribution in [0.3, 0.4) is 0 Å². The Hall–Kier alpha value is -0.650. The quantitative estimate of drug-likeness (QED) is 0.577. The summed E-state index contributed by atoms with van der Waals surface area (Å²) in [5, 5.41) is 12.4. The number of nitrogens with zero attached hydrogens (tertiary/aromatic N) is 1. The SMILES string of the molecule is CCC(CCCN(CCOC)C(C)C1CC1)(NC)C(=O)O. The first kappa shape index (κ1) is 18.4. The monoisotopic (exact) mass is 300 g/mol. The predicted octanol–water partition coefficient (Wildman–Crippen LogP) is 1.97. The average molecular weight is 300 g/mol. The maximum atomic E-state index is 11.5. The molecule has 21 heavy (non-hydrogen) atoms. The van der Waals surface area contributed by atoms with Crippen molar-refractivity contribution in [2.45, 2.75) is 57.5 Å². The van der Waals surface area contributed by atoms with E-state index in [1.54, 1.807) is 14.2 Å². The molecule has 0 aromatic rings. The molecule has 0 saturated heterocycles. The molecule has 1 aliphatic rings. The second kappa shape index (κ2) is 8.71. The Morgan fingerprint density at radius 3 is 2.57 bits per heavy atom. The fourth-order valence-electron chi connectivity index (χ4n) is 3.03. The second-order valence-electron chi connectivity index (χ2n) is 6.20. The highest BCUT2D eigenvalue weighted by atomic mass is 16.5. The van der Waals surface area contributed by atoms with Crippen LogP contribution in [0.5, 0.6) is 0 Å². The summed E-state index contributed by atoms with van der Waals surface area (Å²) in [5.41, 5.74) is -0.782. The van der Waals surface area contributed by atoms with Crippen molar-refractivity contribution < 1.29 is 14.6 Å². The van der Waals surface area contributed by atoms with E-state index in [2.05, 4.69) is 17.1 Å². The molecular weight excluding hydrogens is 268 g/mol. The number of nitrogens with one attached hydrogen (secondary N) is 1. The number of carboxylic acid groups (broad SMARTS) is 1. The van der Waals surface area contributed by atoms with Crippen molar-refractivity contribution in [2.75, 3.05) is 33.9 Å². The number of methoxy groups -OCH3 is 1. The summed E-state index contributed by atoms with van der Waals surface area (Å²) in [6, 6.07) is 0.579. The number of hydrogen-bond donors (Lipinski definition) is 2. The molecule has 2 N–H and O–H groups in total. The minimum absolute atomic E-state index is 0.579. The number of carboxylic acids is 1. The number of likely N-dealkylation sites (N-methyl/N-ethyl adjacent to an activating group) is 1. The molecule has 1 fully saturated rings. The Morgan fingerprint density at radius 2 is 2.14 bits per heavy atom. The van der Waals surface area contributed by atoms with Crippen LogP contribution in [-0.2, 0) is 9.53 Å². The maximum Gasteiger partial charge on any atom is 0.323 e. The van der Waals surface area contributed by atoms with Crippen LogP contribution < -0.4 is 5.32 Å². The smallest absolute Gasteiger partial charge is 0.323 e. The van der Waals surface area contributed by atoms with E-state index in [1.165, 1.54) is 12.8 Å². The first-order chi connectivity index (χ1) is 10.0. The summed E-state index contributed by atoms with van der Waals surface area (Å²) in [6.07, 6.45) is 4.82. The van der Waals surface area contributed by atoms with Crippen molar-refractivity contribution in [3.63, 3.8) is 0 Å². The molecule has 0 aliphatic heterocycles. The highest BCUT2D eigenvalue weighted by molar-refractivity contribution is 5.78. The van der Waals surface area contributed by atoms with E-state index in [9.17, 15) is 9.90 Å². The van der Waals surface area contributed by atoms with E-state index in [0.717, 1.165) is 32.0 Å². The molecule has 5 nitrogen and oxygen atoms in total. The normalized spacial score (nSPS) is 19.5. The molecule has 0 aromatic heterocycles. The summed E-state index contributed by atoms with van der Waals surface area (Å²) >= 11 is 0. The van der Waals surface area contributed by atoms with E-state index < -0.39 is 11.5 Å². The molecule has 1 aliphatic carbocycles. The van der Waals surface area contributed by atoms with Gasteiger partial charge in [-0.25, -0.2) is 0 Å². The largest absolute Gasteiger partial charge is 0.480 e. The Bertz CT molecular complexity index is 315. The highest BCUT2D eigenvalue weighted by Gasteiger charge is 2.35. The van der Waals surface area contributed by atoms with Gasteiger partial charge < -0.3 is 15.2 Å². The van der Waals surface area contributed by atoms with E-state index >= 15 is 0 Å². The Kier molecular flexibility index (Phi) is 7.63. The highest BCUT2D eigenvalue weighted by Crippen LogP contribution is 2.35. The Labute approximate surface area is 129 Å². The van der Waals surface area contributed by atoms with Gasteiger partial charge in [-0.15, -0.1) is 0 Å². The van der Waals surface area contributed by atoms with Crippen LogP contribution >= 0.6 is 0 Å². The molecule has 5 heteroatoms. The summed E-state index contributed by atoms with van der Waals surface area (Å²) in [6.45, 7) is 6.83. The zero-order valence-corrected chi connectivity index (χ0v) is 14.0. The molecule has 2 atom stereocenters. The van der Waals surface area contributed by atoms with Gasteiger partial charge in [0, 0.05) is 19.7 Å². The fraction of sp³-hybridized carbons (Fsp3) is 0.938. The van der Waals surface area contributed by atoms with Crippen molar-refractivity contribution in [1.82, 2.24) is 10.2 Å². The van der Waals surface area contributed by atoms with E-state index in [-0.39, 0.29) is 0 Å². The topological polar surface area (TPSA) is 61.8 Å². The van der Waals surface area contributed by atoms with Gasteiger partial charge in [0.25, 0.3) is 0 Å². The van der Waals surface area contributed by atoms with Crippen LogP contribution in [0.25, 0.3) is 0 Å². The molecule has 0 bridgehead atoms. The average Bonchev–Trinajstić information content (AvgIpc) is 3.30. The molecule has 0 aromatic carbocycles. The van der Waals surface area contributed by atoms with Crippen LogP contribution in [0.4, 0.5) is 0 Å². The van der Waals surface area contributed by atoms with Gasteiger partial charge in [0.1, 0.15) is 5.54 Å². The van der Waals surface area contributed by atoms with E-state index in [0.29, 0.717) is 18.9 Å². The minimum atomic E-state index is -0.782. The van der Waals surface area contributed by atoms with Crippen LogP contribution in [0.15, 0.2) is 0 Å². The van der Waals surface area contributed by atoms with Gasteiger partial charge in [-0.05, 0) is 58.5 Å². The van der Waals surface area contributed by atoms with Crippen molar-refractivity contribution in [2.24, 2.45) is 5.92 Å². The number of hydrogen-bond acceptors (Lipinski definition) is 4. The Morgan fingerprint density at radius 1 is 1.48 bits per heavy atom. The summed E-state index contributed by atoms with van der Waals surface area (Å²) < 4.78 is 5.20. The number of ether oxygens (including phenoxy) is 1. The molecule has 1 rings (SSSR count). The standard InChI is InChI=1S/C16H32N2O3/c1-5-16(17-3,15(19)20)9-6-10-18(11-12-21-4)13(2)14-7-8-14/h13-14,17H,5-12H2,1-4H3,(H,19,20).